The lowest BCUT2D eigenvalue weighted by Crippen LogP contribution is -2.11. The lowest BCUT2D eigenvalue weighted by atomic mass is 10.2. The summed E-state index contributed by atoms with van der Waals surface area (Å²) < 4.78 is 20.9. The van der Waals surface area contributed by atoms with Crippen LogP contribution in [0.2, 0.25) is 0 Å². The fraction of sp³-hybridized carbons (Fsp3) is 0.357. The smallest absolute Gasteiger partial charge is 0.165 e. The first-order valence-corrected chi connectivity index (χ1v) is 6.41. The Labute approximate surface area is 112 Å². The van der Waals surface area contributed by atoms with Crippen molar-refractivity contribution >= 4 is 0 Å². The predicted molar refractivity (Wildman–Crippen MR) is 71.8 cm³/mol. The number of rotatable bonds is 6. The largest absolute Gasteiger partial charge is 0.454 e. The van der Waals surface area contributed by atoms with Crippen LogP contribution < -0.4 is 10.1 Å². The molecule has 1 N–H and O–H groups in total. The van der Waals surface area contributed by atoms with Gasteiger partial charge in [0.1, 0.15) is 11.6 Å². The normalized spacial score (nSPS) is 10.7. The van der Waals surface area contributed by atoms with E-state index < -0.39 is 0 Å². The number of hydrogen-bond donors (Lipinski definition) is 1. The minimum Gasteiger partial charge on any atom is -0.454 e. The maximum absolute atomic E-state index is 13.5. The highest BCUT2D eigenvalue weighted by atomic mass is 19.1. The molecule has 1 aromatic carbocycles. The van der Waals surface area contributed by atoms with Gasteiger partial charge in [-0.3, -0.25) is 4.68 Å². The van der Waals surface area contributed by atoms with Crippen molar-refractivity contribution in [3.05, 3.63) is 42.0 Å². The van der Waals surface area contributed by atoms with Crippen LogP contribution in [-0.2, 0) is 13.1 Å². The SMILES string of the molecule is CCNCc1cc(F)cc(Oc2cnn(CC)c2)c1. The number of halogens is 1. The van der Waals surface area contributed by atoms with Crippen molar-refractivity contribution in [3.63, 3.8) is 0 Å². The molecule has 0 atom stereocenters. The van der Waals surface area contributed by atoms with Crippen molar-refractivity contribution in [2.45, 2.75) is 26.9 Å². The molecular weight excluding hydrogens is 245 g/mol. The summed E-state index contributed by atoms with van der Waals surface area (Å²) >= 11 is 0. The van der Waals surface area contributed by atoms with E-state index in [2.05, 4.69) is 10.4 Å². The van der Waals surface area contributed by atoms with Gasteiger partial charge in [-0.2, -0.15) is 5.10 Å². The molecule has 0 saturated heterocycles. The number of nitrogens with one attached hydrogen (secondary N) is 1. The predicted octanol–water partition coefficient (Wildman–Crippen LogP) is 2.94. The Hall–Kier alpha value is -1.88. The van der Waals surface area contributed by atoms with Crippen LogP contribution in [0.3, 0.4) is 0 Å². The van der Waals surface area contributed by atoms with Gasteiger partial charge in [0.2, 0.25) is 0 Å². The molecule has 0 radical (unpaired) electrons. The Kier molecular flexibility index (Phi) is 4.52. The summed E-state index contributed by atoms with van der Waals surface area (Å²) in [7, 11) is 0. The van der Waals surface area contributed by atoms with Crippen LogP contribution in [-0.4, -0.2) is 16.3 Å². The highest BCUT2D eigenvalue weighted by Crippen LogP contribution is 2.23. The minimum atomic E-state index is -0.298. The molecule has 0 fully saturated rings. The van der Waals surface area contributed by atoms with E-state index in [4.69, 9.17) is 4.74 Å². The number of benzene rings is 1. The van der Waals surface area contributed by atoms with Gasteiger partial charge in [0, 0.05) is 19.2 Å². The maximum atomic E-state index is 13.5. The molecule has 0 aliphatic carbocycles. The first-order chi connectivity index (χ1) is 9.21. The van der Waals surface area contributed by atoms with Crippen molar-refractivity contribution in [1.29, 1.82) is 0 Å². The van der Waals surface area contributed by atoms with E-state index in [1.807, 2.05) is 19.9 Å². The van der Waals surface area contributed by atoms with Gasteiger partial charge in [-0.05, 0) is 31.2 Å². The summed E-state index contributed by atoms with van der Waals surface area (Å²) in [6.07, 6.45) is 3.41. The van der Waals surface area contributed by atoms with Crippen molar-refractivity contribution < 1.29 is 9.13 Å². The molecule has 0 aliphatic heterocycles. The van der Waals surface area contributed by atoms with Crippen LogP contribution in [0.4, 0.5) is 4.39 Å². The molecule has 0 aliphatic rings. The van der Waals surface area contributed by atoms with Gasteiger partial charge in [-0.25, -0.2) is 4.39 Å². The molecule has 1 aromatic heterocycles. The van der Waals surface area contributed by atoms with E-state index in [1.165, 1.54) is 12.1 Å². The number of ether oxygens (including phenoxy) is 1. The van der Waals surface area contributed by atoms with Gasteiger partial charge in [-0.15, -0.1) is 0 Å². The molecule has 4 nitrogen and oxygen atoms in total. The average Bonchev–Trinajstić information content (AvgIpc) is 2.83. The lowest BCUT2D eigenvalue weighted by Gasteiger charge is -2.07. The van der Waals surface area contributed by atoms with Gasteiger partial charge < -0.3 is 10.1 Å². The number of aromatic nitrogens is 2. The molecule has 0 amide bonds. The molecule has 0 spiro atoms. The second-order valence-corrected chi connectivity index (χ2v) is 4.21. The highest BCUT2D eigenvalue weighted by Gasteiger charge is 2.05. The van der Waals surface area contributed by atoms with Crippen LogP contribution in [0.25, 0.3) is 0 Å². The molecule has 102 valence electrons. The Morgan fingerprint density at radius 2 is 2.11 bits per heavy atom. The molecule has 5 heteroatoms. The zero-order chi connectivity index (χ0) is 13.7. The second kappa shape index (κ2) is 6.33. The summed E-state index contributed by atoms with van der Waals surface area (Å²) in [5.41, 5.74) is 0.861. The monoisotopic (exact) mass is 263 g/mol. The van der Waals surface area contributed by atoms with Gasteiger partial charge >= 0.3 is 0 Å². The van der Waals surface area contributed by atoms with Crippen molar-refractivity contribution in [3.8, 4) is 11.5 Å². The summed E-state index contributed by atoms with van der Waals surface area (Å²) in [6.45, 7) is 6.25. The van der Waals surface area contributed by atoms with Crippen LogP contribution in [0.15, 0.2) is 30.6 Å². The molecule has 1 heterocycles. The third kappa shape index (κ3) is 3.79. The number of aryl methyl sites for hydroxylation is 1. The molecule has 19 heavy (non-hydrogen) atoms. The summed E-state index contributed by atoms with van der Waals surface area (Å²) in [5.74, 6) is 0.804. The van der Waals surface area contributed by atoms with Crippen molar-refractivity contribution in [1.82, 2.24) is 15.1 Å². The summed E-state index contributed by atoms with van der Waals surface area (Å²) in [4.78, 5) is 0. The van der Waals surface area contributed by atoms with Gasteiger partial charge in [0.15, 0.2) is 5.75 Å². The Bertz CT molecular complexity index is 539. The van der Waals surface area contributed by atoms with E-state index in [0.29, 0.717) is 18.0 Å². The molecule has 2 aromatic rings. The highest BCUT2D eigenvalue weighted by molar-refractivity contribution is 5.33. The molecule has 0 saturated carbocycles. The third-order valence-corrected chi connectivity index (χ3v) is 2.68. The number of hydrogen-bond acceptors (Lipinski definition) is 3. The van der Waals surface area contributed by atoms with Gasteiger partial charge in [0.25, 0.3) is 0 Å². The Balaban J connectivity index is 2.12. The van der Waals surface area contributed by atoms with E-state index in [0.717, 1.165) is 18.7 Å². The fourth-order valence-corrected chi connectivity index (χ4v) is 1.76. The summed E-state index contributed by atoms with van der Waals surface area (Å²) in [5, 5.41) is 7.27. The minimum absolute atomic E-state index is 0.298. The van der Waals surface area contributed by atoms with E-state index in [-0.39, 0.29) is 5.82 Å². The fourth-order valence-electron chi connectivity index (χ4n) is 1.76. The van der Waals surface area contributed by atoms with E-state index >= 15 is 0 Å². The zero-order valence-corrected chi connectivity index (χ0v) is 11.2. The van der Waals surface area contributed by atoms with E-state index in [1.54, 1.807) is 17.1 Å². The average molecular weight is 263 g/mol. The quantitative estimate of drug-likeness (QED) is 0.871. The van der Waals surface area contributed by atoms with Crippen LogP contribution >= 0.6 is 0 Å². The lowest BCUT2D eigenvalue weighted by molar-refractivity contribution is 0.474. The van der Waals surface area contributed by atoms with Crippen molar-refractivity contribution in [2.24, 2.45) is 0 Å². The Morgan fingerprint density at radius 1 is 1.26 bits per heavy atom. The third-order valence-electron chi connectivity index (χ3n) is 2.68. The zero-order valence-electron chi connectivity index (χ0n) is 11.2. The van der Waals surface area contributed by atoms with Crippen LogP contribution in [0.1, 0.15) is 19.4 Å². The maximum Gasteiger partial charge on any atom is 0.165 e. The Morgan fingerprint density at radius 3 is 2.79 bits per heavy atom. The summed E-state index contributed by atoms with van der Waals surface area (Å²) in [6, 6.07) is 4.71. The van der Waals surface area contributed by atoms with Crippen molar-refractivity contribution in [2.75, 3.05) is 6.54 Å². The molecule has 0 unspecified atom stereocenters. The first kappa shape index (κ1) is 13.5. The first-order valence-electron chi connectivity index (χ1n) is 6.41. The molecule has 0 bridgehead atoms. The van der Waals surface area contributed by atoms with Gasteiger partial charge in [-0.1, -0.05) is 6.92 Å². The number of nitrogens with zero attached hydrogens (tertiary/aromatic N) is 2. The topological polar surface area (TPSA) is 39.1 Å². The molecule has 2 rings (SSSR count). The van der Waals surface area contributed by atoms with Gasteiger partial charge in [0.05, 0.1) is 12.4 Å². The van der Waals surface area contributed by atoms with Crippen LogP contribution in [0, 0.1) is 5.82 Å². The van der Waals surface area contributed by atoms with Crippen LogP contribution in [0.5, 0.6) is 11.5 Å². The van der Waals surface area contributed by atoms with E-state index in [9.17, 15) is 4.39 Å². The molecular formula is C14H18FN3O. The standard InChI is InChI=1S/C14H18FN3O/c1-3-16-8-11-5-12(15)7-13(6-11)19-14-9-17-18(4-2)10-14/h5-7,9-10,16H,3-4,8H2,1-2H3. The second-order valence-electron chi connectivity index (χ2n) is 4.21.